The van der Waals surface area contributed by atoms with E-state index in [1.165, 1.54) is 36.1 Å². The lowest BCUT2D eigenvalue weighted by Gasteiger charge is -2.11. The summed E-state index contributed by atoms with van der Waals surface area (Å²) in [6, 6.07) is 11.6. The summed E-state index contributed by atoms with van der Waals surface area (Å²) in [5.41, 5.74) is 1.77. The molecule has 0 saturated carbocycles. The summed E-state index contributed by atoms with van der Waals surface area (Å²) in [5, 5.41) is 20.1. The van der Waals surface area contributed by atoms with E-state index in [2.05, 4.69) is 24.5 Å². The maximum atomic E-state index is 13.2. The fourth-order valence-corrected chi connectivity index (χ4v) is 4.50. The van der Waals surface area contributed by atoms with E-state index in [0.29, 0.717) is 21.8 Å². The van der Waals surface area contributed by atoms with Gasteiger partial charge in [-0.1, -0.05) is 11.1 Å². The third kappa shape index (κ3) is 6.46. The normalized spacial score (nSPS) is 15.0. The fraction of sp³-hybridized carbons (Fsp3) is 0.125. The molecule has 3 N–H and O–H groups in total. The molecule has 1 aromatic heterocycles. The van der Waals surface area contributed by atoms with Crippen LogP contribution in [0.25, 0.3) is 11.8 Å². The zero-order chi connectivity index (χ0) is 28.9. The minimum Gasteiger partial charge on any atom is -0.295 e. The Kier molecular flexibility index (Phi) is 9.13. The van der Waals surface area contributed by atoms with E-state index in [1.54, 1.807) is 37.3 Å². The molecule has 1 aliphatic heterocycles. The molecule has 4 rings (SSSR count). The molecule has 2 aromatic carbocycles. The second kappa shape index (κ2) is 12.5. The molecular formula is C24H22N4O10S2. The van der Waals surface area contributed by atoms with Crippen molar-refractivity contribution in [1.29, 1.82) is 0 Å². The minimum atomic E-state index is -4.40. The van der Waals surface area contributed by atoms with Crippen molar-refractivity contribution >= 4 is 45.5 Å². The number of carbonyl (C=O) groups is 1. The van der Waals surface area contributed by atoms with Gasteiger partial charge in [-0.25, -0.2) is 19.7 Å². The fourth-order valence-electron chi connectivity index (χ4n) is 3.66. The van der Waals surface area contributed by atoms with Gasteiger partial charge >= 0.3 is 0 Å². The summed E-state index contributed by atoms with van der Waals surface area (Å²) in [6.07, 6.45) is 4.53. The van der Waals surface area contributed by atoms with Crippen molar-refractivity contribution in [3.05, 3.63) is 87.9 Å². The highest BCUT2D eigenvalue weighted by Crippen LogP contribution is 2.26. The molecule has 0 atom stereocenters. The van der Waals surface area contributed by atoms with Crippen molar-refractivity contribution in [2.24, 2.45) is 5.10 Å². The number of aryl methyl sites for hydroxylation is 1. The molecule has 0 bridgehead atoms. The van der Waals surface area contributed by atoms with Gasteiger partial charge in [0.2, 0.25) is 0 Å². The Morgan fingerprint density at radius 3 is 2.38 bits per heavy atom. The quantitative estimate of drug-likeness (QED) is 0.0981. The first-order valence-corrected chi connectivity index (χ1v) is 13.4. The van der Waals surface area contributed by atoms with Crippen LogP contribution in [0.1, 0.15) is 11.3 Å². The first-order chi connectivity index (χ1) is 19.1. The Bertz CT molecular complexity index is 1640. The van der Waals surface area contributed by atoms with E-state index in [1.807, 2.05) is 0 Å². The van der Waals surface area contributed by atoms with Gasteiger partial charge in [0.25, 0.3) is 21.6 Å². The van der Waals surface area contributed by atoms with Crippen LogP contribution in [0.5, 0.6) is 0 Å². The number of hydrogen-bond acceptors (Lipinski definition) is 11. The lowest BCUT2D eigenvalue weighted by atomic mass is 10.1. The van der Waals surface area contributed by atoms with Crippen LogP contribution in [-0.2, 0) is 34.1 Å². The molecule has 0 unspecified atom stereocenters. The summed E-state index contributed by atoms with van der Waals surface area (Å²) in [5.74, 6) is -0.532. The summed E-state index contributed by atoms with van der Waals surface area (Å²) >= 11 is 0.786. The summed E-state index contributed by atoms with van der Waals surface area (Å²) < 4.78 is 37.6. The number of rotatable bonds is 11. The largest absolute Gasteiger partial charge is 0.295 e. The van der Waals surface area contributed by atoms with E-state index < -0.39 is 16.0 Å². The number of hydrazone groups is 1. The van der Waals surface area contributed by atoms with Gasteiger partial charge in [-0.15, -0.1) is 4.33 Å². The maximum Gasteiger partial charge on any atom is 0.294 e. The number of hydrogen-bond donors (Lipinski definition) is 3. The predicted octanol–water partition coefficient (Wildman–Crippen LogP) is 3.07. The molecule has 0 aliphatic carbocycles. The molecule has 1 amide bonds. The van der Waals surface area contributed by atoms with Crippen molar-refractivity contribution in [3.63, 3.8) is 0 Å². The van der Waals surface area contributed by atoms with Crippen molar-refractivity contribution in [2.75, 3.05) is 18.7 Å². The lowest BCUT2D eigenvalue weighted by molar-refractivity contribution is -0.432. The SMILES string of the molecule is COOCC1=NN(c2ccc(S(=O)(=O)O)cc2)C(=O)/C1=C\C=C\c1c(C)[nH]n(-c2ccc(SOOO)cc2)c1=O. The Morgan fingerprint density at radius 2 is 1.75 bits per heavy atom. The highest BCUT2D eigenvalue weighted by Gasteiger charge is 2.31. The second-order valence-corrected chi connectivity index (χ2v) is 10.2. The standard InChI is InChI=1S/C24H22N4O10S2/c1-15-20(23(29)27(25-15)16-6-10-18(11-7-16)39-38-37-31)4-3-5-21-22(14-36-35-2)26-28(24(21)30)17-8-12-19(13-9-17)40(32,33)34/h3-13,25,31H,14H2,1-2H3,(H,32,33,34)/b4-3+,21-5-. The van der Waals surface area contributed by atoms with Gasteiger partial charge in [0, 0.05) is 10.6 Å². The zero-order valence-corrected chi connectivity index (χ0v) is 22.5. The van der Waals surface area contributed by atoms with Crippen LogP contribution >= 0.6 is 12.0 Å². The third-order valence-corrected chi connectivity index (χ3v) is 7.01. The van der Waals surface area contributed by atoms with Crippen LogP contribution in [0, 0.1) is 6.92 Å². The topological polar surface area (TPSA) is 182 Å². The van der Waals surface area contributed by atoms with Crippen LogP contribution < -0.4 is 10.6 Å². The molecular weight excluding hydrogens is 568 g/mol. The highest BCUT2D eigenvalue weighted by molar-refractivity contribution is 7.94. The monoisotopic (exact) mass is 590 g/mol. The average molecular weight is 591 g/mol. The van der Waals surface area contributed by atoms with Crippen LogP contribution in [0.2, 0.25) is 0 Å². The summed E-state index contributed by atoms with van der Waals surface area (Å²) in [6.45, 7) is 1.56. The first kappa shape index (κ1) is 29.1. The van der Waals surface area contributed by atoms with E-state index in [9.17, 15) is 22.6 Å². The van der Waals surface area contributed by atoms with Gasteiger partial charge in [0.1, 0.15) is 12.3 Å². The number of H-pyrrole nitrogens is 1. The minimum absolute atomic E-state index is 0.155. The average Bonchev–Trinajstić information content (AvgIpc) is 3.41. The lowest BCUT2D eigenvalue weighted by Crippen LogP contribution is -2.21. The highest BCUT2D eigenvalue weighted by atomic mass is 32.2. The van der Waals surface area contributed by atoms with Crippen LogP contribution in [0.3, 0.4) is 0 Å². The molecule has 3 aromatic rings. The molecule has 210 valence electrons. The molecule has 0 fully saturated rings. The van der Waals surface area contributed by atoms with Gasteiger partial charge in [0.05, 0.1) is 46.6 Å². The van der Waals surface area contributed by atoms with Crippen molar-refractivity contribution in [1.82, 2.24) is 9.78 Å². The van der Waals surface area contributed by atoms with Gasteiger partial charge in [-0.2, -0.15) is 18.5 Å². The number of benzene rings is 2. The van der Waals surface area contributed by atoms with E-state index in [-0.39, 0.29) is 34.0 Å². The Balaban J connectivity index is 1.58. The molecule has 0 radical (unpaired) electrons. The number of allylic oxidation sites excluding steroid dienone is 2. The summed E-state index contributed by atoms with van der Waals surface area (Å²) in [4.78, 5) is 36.1. The Labute approximate surface area is 231 Å². The van der Waals surface area contributed by atoms with Crippen molar-refractivity contribution in [3.8, 4) is 5.69 Å². The molecule has 40 heavy (non-hydrogen) atoms. The van der Waals surface area contributed by atoms with Crippen LogP contribution in [-0.4, -0.2) is 53.3 Å². The first-order valence-electron chi connectivity index (χ1n) is 11.2. The van der Waals surface area contributed by atoms with E-state index in [4.69, 9.17) is 10.1 Å². The molecule has 1 aliphatic rings. The van der Waals surface area contributed by atoms with Gasteiger partial charge < -0.3 is 0 Å². The van der Waals surface area contributed by atoms with Gasteiger partial charge in [-0.05, 0) is 67.6 Å². The predicted molar refractivity (Wildman–Crippen MR) is 143 cm³/mol. The molecule has 16 heteroatoms. The number of carbonyl (C=O) groups excluding carboxylic acids is 1. The molecule has 0 saturated heterocycles. The number of aromatic amines is 1. The maximum absolute atomic E-state index is 13.2. The molecule has 2 heterocycles. The van der Waals surface area contributed by atoms with E-state index in [0.717, 1.165) is 29.2 Å². The number of amides is 1. The molecule has 0 spiro atoms. The number of aromatic nitrogens is 2. The Hall–Kier alpha value is -3.87. The van der Waals surface area contributed by atoms with Crippen LogP contribution in [0.15, 0.2) is 85.9 Å². The number of anilines is 1. The molecule has 14 nitrogen and oxygen atoms in total. The second-order valence-electron chi connectivity index (χ2n) is 8.01. The smallest absolute Gasteiger partial charge is 0.294 e. The van der Waals surface area contributed by atoms with Crippen molar-refractivity contribution in [2.45, 2.75) is 16.7 Å². The van der Waals surface area contributed by atoms with Gasteiger partial charge in [0.15, 0.2) is 0 Å². The number of nitrogens with zero attached hydrogens (tertiary/aromatic N) is 3. The third-order valence-electron chi connectivity index (χ3n) is 5.55. The number of nitrogens with one attached hydrogen (secondary N) is 1. The van der Waals surface area contributed by atoms with Crippen molar-refractivity contribution < 1.29 is 42.2 Å². The van der Waals surface area contributed by atoms with Crippen LogP contribution in [0.4, 0.5) is 5.69 Å². The Morgan fingerprint density at radius 1 is 1.07 bits per heavy atom. The zero-order valence-electron chi connectivity index (χ0n) is 20.9. The van der Waals surface area contributed by atoms with E-state index >= 15 is 0 Å². The summed E-state index contributed by atoms with van der Waals surface area (Å²) in [7, 11) is -3.10. The van der Waals surface area contributed by atoms with Gasteiger partial charge in [-0.3, -0.25) is 19.2 Å².